The minimum atomic E-state index is -0.506. The number of carbonyl (C=O) groups excluding carboxylic acids is 1. The summed E-state index contributed by atoms with van der Waals surface area (Å²) in [5, 5.41) is 16.2. The summed E-state index contributed by atoms with van der Waals surface area (Å²) >= 11 is 0. The summed E-state index contributed by atoms with van der Waals surface area (Å²) in [5.41, 5.74) is 2.15. The van der Waals surface area contributed by atoms with Crippen molar-refractivity contribution in [1.82, 2.24) is 15.0 Å². The van der Waals surface area contributed by atoms with Gasteiger partial charge in [-0.15, -0.1) is 0 Å². The Kier molecular flexibility index (Phi) is 4.74. The van der Waals surface area contributed by atoms with Crippen molar-refractivity contribution >= 4 is 34.0 Å². The number of phenolic OH excluding ortho intramolecular Hbond substituents is 1. The molecule has 0 fully saturated rings. The van der Waals surface area contributed by atoms with Crippen LogP contribution < -0.4 is 10.6 Å². The molecule has 0 aliphatic carbocycles. The fraction of sp³-hybridized carbons (Fsp3) is 0.0476. The van der Waals surface area contributed by atoms with Crippen LogP contribution in [0.5, 0.6) is 5.75 Å². The Morgan fingerprint density at radius 3 is 2.66 bits per heavy atom. The van der Waals surface area contributed by atoms with E-state index in [1.54, 1.807) is 49.6 Å². The van der Waals surface area contributed by atoms with Crippen LogP contribution in [0.2, 0.25) is 0 Å². The molecule has 4 rings (SSSR count). The zero-order chi connectivity index (χ0) is 20.4. The first-order valence-corrected chi connectivity index (χ1v) is 8.73. The fourth-order valence-electron chi connectivity index (χ4n) is 2.83. The Morgan fingerprint density at radius 1 is 1.07 bits per heavy atom. The molecule has 0 unspecified atom stereocenters. The second-order valence-electron chi connectivity index (χ2n) is 6.39. The van der Waals surface area contributed by atoms with Crippen LogP contribution in [0.3, 0.4) is 0 Å². The molecule has 2 aromatic heterocycles. The molecule has 0 aliphatic rings. The molecule has 3 N–H and O–H groups in total. The number of pyridine rings is 1. The molecule has 0 radical (unpaired) electrons. The van der Waals surface area contributed by atoms with Gasteiger partial charge in [0, 0.05) is 35.1 Å². The van der Waals surface area contributed by atoms with Gasteiger partial charge in [-0.25, -0.2) is 14.4 Å². The molecule has 8 heteroatoms. The highest BCUT2D eigenvalue weighted by molar-refractivity contribution is 6.05. The summed E-state index contributed by atoms with van der Waals surface area (Å²) in [4.78, 5) is 24.6. The fourth-order valence-corrected chi connectivity index (χ4v) is 2.83. The maximum Gasteiger partial charge on any atom is 0.255 e. The third-order valence-corrected chi connectivity index (χ3v) is 4.38. The standard InChI is InChI=1S/C21H16FN5O2/c1-12-8-16(22)18(10-19(12)28)27-20-15-3-2-14(9-17(15)24-11-25-20)26-21(29)13-4-6-23-7-5-13/h2-11,28H,1H3,(H,26,29)(H,24,25,27). The summed E-state index contributed by atoms with van der Waals surface area (Å²) in [6.45, 7) is 1.62. The number of benzene rings is 2. The van der Waals surface area contributed by atoms with Gasteiger partial charge >= 0.3 is 0 Å². The van der Waals surface area contributed by atoms with Crippen molar-refractivity contribution in [3.63, 3.8) is 0 Å². The van der Waals surface area contributed by atoms with E-state index in [9.17, 15) is 14.3 Å². The first-order valence-electron chi connectivity index (χ1n) is 8.73. The first kappa shape index (κ1) is 18.3. The molecule has 0 aliphatic heterocycles. The molecule has 0 saturated heterocycles. The quantitative estimate of drug-likeness (QED) is 0.484. The van der Waals surface area contributed by atoms with Crippen molar-refractivity contribution in [2.45, 2.75) is 6.92 Å². The van der Waals surface area contributed by atoms with Crippen molar-refractivity contribution in [2.75, 3.05) is 10.6 Å². The lowest BCUT2D eigenvalue weighted by Crippen LogP contribution is -2.11. The van der Waals surface area contributed by atoms with E-state index in [1.165, 1.54) is 18.5 Å². The lowest BCUT2D eigenvalue weighted by atomic mass is 10.1. The van der Waals surface area contributed by atoms with Gasteiger partial charge in [0.25, 0.3) is 5.91 Å². The summed E-state index contributed by atoms with van der Waals surface area (Å²) in [7, 11) is 0. The molecule has 4 aromatic rings. The molecular weight excluding hydrogens is 373 g/mol. The summed E-state index contributed by atoms with van der Waals surface area (Å²) in [6, 6.07) is 10.9. The largest absolute Gasteiger partial charge is 0.508 e. The van der Waals surface area contributed by atoms with Crippen LogP contribution in [-0.2, 0) is 0 Å². The number of hydrogen-bond donors (Lipinski definition) is 3. The zero-order valence-electron chi connectivity index (χ0n) is 15.3. The monoisotopic (exact) mass is 389 g/mol. The Bertz CT molecular complexity index is 1210. The lowest BCUT2D eigenvalue weighted by Gasteiger charge is -2.12. The number of halogens is 1. The van der Waals surface area contributed by atoms with E-state index in [4.69, 9.17) is 0 Å². The summed E-state index contributed by atoms with van der Waals surface area (Å²) < 4.78 is 14.2. The second kappa shape index (κ2) is 7.51. The molecule has 0 saturated carbocycles. The number of hydrogen-bond acceptors (Lipinski definition) is 6. The van der Waals surface area contributed by atoms with Crippen LogP contribution in [-0.4, -0.2) is 26.0 Å². The smallest absolute Gasteiger partial charge is 0.255 e. The highest BCUT2D eigenvalue weighted by Crippen LogP contribution is 2.30. The van der Waals surface area contributed by atoms with Crippen LogP contribution in [0.1, 0.15) is 15.9 Å². The van der Waals surface area contributed by atoms with Crippen LogP contribution >= 0.6 is 0 Å². The van der Waals surface area contributed by atoms with Crippen LogP contribution in [0.25, 0.3) is 10.9 Å². The van der Waals surface area contributed by atoms with Gasteiger partial charge in [-0.1, -0.05) is 0 Å². The van der Waals surface area contributed by atoms with Gasteiger partial charge in [0.05, 0.1) is 11.2 Å². The molecule has 0 atom stereocenters. The van der Waals surface area contributed by atoms with Crippen molar-refractivity contribution in [3.8, 4) is 5.75 Å². The molecular formula is C21H16FN5O2. The average molecular weight is 389 g/mol. The third kappa shape index (κ3) is 3.81. The van der Waals surface area contributed by atoms with Crippen molar-refractivity contribution in [3.05, 3.63) is 78.1 Å². The maximum atomic E-state index is 14.2. The number of carbonyl (C=O) groups is 1. The summed E-state index contributed by atoms with van der Waals surface area (Å²) in [5.74, 6) is -0.415. The highest BCUT2D eigenvalue weighted by Gasteiger charge is 2.12. The normalized spacial score (nSPS) is 10.7. The molecule has 2 heterocycles. The van der Waals surface area contributed by atoms with Gasteiger partial charge in [0.15, 0.2) is 0 Å². The number of nitrogens with one attached hydrogen (secondary N) is 2. The maximum absolute atomic E-state index is 14.2. The van der Waals surface area contributed by atoms with Crippen molar-refractivity contribution in [2.24, 2.45) is 0 Å². The van der Waals surface area contributed by atoms with Gasteiger partial charge in [-0.2, -0.15) is 0 Å². The number of aromatic nitrogens is 3. The van der Waals surface area contributed by atoms with Crippen molar-refractivity contribution in [1.29, 1.82) is 0 Å². The lowest BCUT2D eigenvalue weighted by molar-refractivity contribution is 0.102. The Hall–Kier alpha value is -4.07. The second-order valence-corrected chi connectivity index (χ2v) is 6.39. The van der Waals surface area contributed by atoms with Crippen LogP contribution in [0, 0.1) is 12.7 Å². The number of fused-ring (bicyclic) bond motifs is 1. The van der Waals surface area contributed by atoms with Gasteiger partial charge in [0.2, 0.25) is 0 Å². The van der Waals surface area contributed by atoms with Gasteiger partial charge in [0.1, 0.15) is 23.7 Å². The van der Waals surface area contributed by atoms with E-state index in [1.807, 2.05) is 0 Å². The highest BCUT2D eigenvalue weighted by atomic mass is 19.1. The number of aromatic hydroxyl groups is 1. The van der Waals surface area contributed by atoms with E-state index >= 15 is 0 Å². The molecule has 29 heavy (non-hydrogen) atoms. The van der Waals surface area contributed by atoms with Gasteiger partial charge in [-0.3, -0.25) is 9.78 Å². The molecule has 2 aromatic carbocycles. The SMILES string of the molecule is Cc1cc(F)c(Nc2ncnc3cc(NC(=O)c4ccncc4)ccc23)cc1O. The van der Waals surface area contributed by atoms with E-state index in [2.05, 4.69) is 25.6 Å². The average Bonchev–Trinajstić information content (AvgIpc) is 2.72. The molecule has 144 valence electrons. The van der Waals surface area contributed by atoms with Crippen LogP contribution in [0.15, 0.2) is 61.2 Å². The number of nitrogens with zero attached hydrogens (tertiary/aromatic N) is 3. The minimum Gasteiger partial charge on any atom is -0.508 e. The third-order valence-electron chi connectivity index (χ3n) is 4.38. The van der Waals surface area contributed by atoms with E-state index in [0.29, 0.717) is 33.5 Å². The number of aryl methyl sites for hydroxylation is 1. The Morgan fingerprint density at radius 2 is 1.86 bits per heavy atom. The van der Waals surface area contributed by atoms with Crippen molar-refractivity contribution < 1.29 is 14.3 Å². The number of anilines is 3. The van der Waals surface area contributed by atoms with E-state index < -0.39 is 5.82 Å². The molecule has 0 spiro atoms. The zero-order valence-corrected chi connectivity index (χ0v) is 15.3. The Balaban J connectivity index is 1.63. The van der Waals surface area contributed by atoms with Gasteiger partial charge < -0.3 is 15.7 Å². The predicted octanol–water partition coefficient (Wildman–Crippen LogP) is 4.17. The number of amides is 1. The molecule has 7 nitrogen and oxygen atoms in total. The first-order chi connectivity index (χ1) is 14.0. The summed E-state index contributed by atoms with van der Waals surface area (Å²) in [6.07, 6.45) is 4.43. The van der Waals surface area contributed by atoms with E-state index in [-0.39, 0.29) is 17.3 Å². The van der Waals surface area contributed by atoms with Crippen LogP contribution in [0.4, 0.5) is 21.6 Å². The predicted molar refractivity (Wildman–Crippen MR) is 108 cm³/mol. The number of rotatable bonds is 4. The molecule has 1 amide bonds. The minimum absolute atomic E-state index is 0.0200. The topological polar surface area (TPSA) is 100 Å². The van der Waals surface area contributed by atoms with E-state index in [0.717, 1.165) is 0 Å². The Labute approximate surface area is 165 Å². The molecule has 0 bridgehead atoms. The van der Waals surface area contributed by atoms with Gasteiger partial charge in [-0.05, 0) is 48.9 Å². The number of phenols is 1.